The molecule has 2 aliphatic rings. The van der Waals surface area contributed by atoms with Gasteiger partial charge in [0.2, 0.25) is 0 Å². The number of hydrogen-bond donors (Lipinski definition) is 1. The third-order valence-corrected chi connectivity index (χ3v) is 5.64. The van der Waals surface area contributed by atoms with Gasteiger partial charge in [0.15, 0.2) is 5.78 Å². The highest BCUT2D eigenvalue weighted by Crippen LogP contribution is 2.25. The Labute approximate surface area is 151 Å². The number of nitrogens with one attached hydrogen (secondary N) is 1. The second-order valence-electron chi connectivity index (χ2n) is 7.71. The standard InChI is InChI=1S/C21H30N2O2/c1-16(24)18-9-11-19(12-10-18)21(25)22-20-8-5-13-23(15-20)14-17-6-3-2-4-7-17/h9-12,17,20H,2-8,13-15H2,1H3,(H,22,25)/t20-/m1/s1. The van der Waals surface area contributed by atoms with Gasteiger partial charge in [-0.3, -0.25) is 9.59 Å². The molecule has 0 aromatic heterocycles. The molecule has 1 aliphatic carbocycles. The largest absolute Gasteiger partial charge is 0.348 e. The molecule has 1 aliphatic heterocycles. The van der Waals surface area contributed by atoms with Crippen molar-refractivity contribution in [3.63, 3.8) is 0 Å². The normalized spacial score (nSPS) is 22.5. The summed E-state index contributed by atoms with van der Waals surface area (Å²) in [5.74, 6) is 0.847. The van der Waals surface area contributed by atoms with Crippen LogP contribution in [-0.2, 0) is 0 Å². The van der Waals surface area contributed by atoms with Crippen LogP contribution in [0.1, 0.15) is 72.6 Å². The number of likely N-dealkylation sites (tertiary alicyclic amines) is 1. The molecule has 4 nitrogen and oxygen atoms in total. The summed E-state index contributed by atoms with van der Waals surface area (Å²) in [4.78, 5) is 26.4. The van der Waals surface area contributed by atoms with Crippen molar-refractivity contribution in [2.75, 3.05) is 19.6 Å². The van der Waals surface area contributed by atoms with Gasteiger partial charge in [-0.25, -0.2) is 0 Å². The fourth-order valence-corrected chi connectivity index (χ4v) is 4.20. The minimum Gasteiger partial charge on any atom is -0.348 e. The highest BCUT2D eigenvalue weighted by atomic mass is 16.1. The van der Waals surface area contributed by atoms with Gasteiger partial charge in [-0.15, -0.1) is 0 Å². The Morgan fingerprint density at radius 2 is 1.68 bits per heavy atom. The summed E-state index contributed by atoms with van der Waals surface area (Å²) in [6.45, 7) is 4.86. The molecule has 0 spiro atoms. The molecule has 1 N–H and O–H groups in total. The average molecular weight is 342 g/mol. The van der Waals surface area contributed by atoms with E-state index in [0.717, 1.165) is 31.8 Å². The lowest BCUT2D eigenvalue weighted by atomic mass is 9.88. The number of carbonyl (C=O) groups is 2. The highest BCUT2D eigenvalue weighted by molar-refractivity contribution is 5.97. The van der Waals surface area contributed by atoms with Crippen LogP contribution in [0, 0.1) is 5.92 Å². The zero-order valence-corrected chi connectivity index (χ0v) is 15.3. The molecule has 1 aromatic rings. The Balaban J connectivity index is 1.51. The van der Waals surface area contributed by atoms with E-state index in [9.17, 15) is 9.59 Å². The lowest BCUT2D eigenvalue weighted by Gasteiger charge is -2.36. The number of nitrogens with zero attached hydrogens (tertiary/aromatic N) is 1. The molecule has 4 heteroatoms. The van der Waals surface area contributed by atoms with Gasteiger partial charge in [0.1, 0.15) is 0 Å². The van der Waals surface area contributed by atoms with Crippen molar-refractivity contribution in [3.05, 3.63) is 35.4 Å². The molecule has 0 unspecified atom stereocenters. The van der Waals surface area contributed by atoms with E-state index in [-0.39, 0.29) is 17.7 Å². The Morgan fingerprint density at radius 3 is 2.36 bits per heavy atom. The quantitative estimate of drug-likeness (QED) is 0.831. The molecule has 2 fully saturated rings. The number of Topliss-reactive ketones (excluding diaryl/α,β-unsaturated/α-hetero) is 1. The molecule has 1 saturated heterocycles. The Bertz CT molecular complexity index is 590. The summed E-state index contributed by atoms with van der Waals surface area (Å²) in [5, 5.41) is 3.19. The summed E-state index contributed by atoms with van der Waals surface area (Å²) in [6.07, 6.45) is 9.12. The average Bonchev–Trinajstić information content (AvgIpc) is 2.63. The predicted molar refractivity (Wildman–Crippen MR) is 99.9 cm³/mol. The number of hydrogen-bond acceptors (Lipinski definition) is 3. The van der Waals surface area contributed by atoms with Crippen LogP contribution in [-0.4, -0.2) is 42.3 Å². The van der Waals surface area contributed by atoms with E-state index in [1.165, 1.54) is 45.6 Å². The molecule has 1 heterocycles. The number of amides is 1. The predicted octanol–water partition coefficient (Wildman–Crippen LogP) is 3.66. The van der Waals surface area contributed by atoms with Crippen LogP contribution in [0.5, 0.6) is 0 Å². The van der Waals surface area contributed by atoms with E-state index in [4.69, 9.17) is 0 Å². The fraction of sp³-hybridized carbons (Fsp3) is 0.619. The van der Waals surface area contributed by atoms with Crippen molar-refractivity contribution in [2.24, 2.45) is 5.92 Å². The Kier molecular flexibility index (Phi) is 6.24. The summed E-state index contributed by atoms with van der Waals surface area (Å²) in [5.41, 5.74) is 1.28. The van der Waals surface area contributed by atoms with Crippen LogP contribution in [0.25, 0.3) is 0 Å². The molecule has 3 rings (SSSR count). The fourth-order valence-electron chi connectivity index (χ4n) is 4.20. The Hall–Kier alpha value is -1.68. The van der Waals surface area contributed by atoms with Gasteiger partial charge >= 0.3 is 0 Å². The maximum Gasteiger partial charge on any atom is 0.251 e. The van der Waals surface area contributed by atoms with E-state index in [2.05, 4.69) is 10.2 Å². The highest BCUT2D eigenvalue weighted by Gasteiger charge is 2.24. The van der Waals surface area contributed by atoms with Crippen molar-refractivity contribution in [2.45, 2.75) is 57.9 Å². The van der Waals surface area contributed by atoms with Crippen LogP contribution < -0.4 is 5.32 Å². The van der Waals surface area contributed by atoms with Gasteiger partial charge in [-0.05, 0) is 57.2 Å². The first-order valence-electron chi connectivity index (χ1n) is 9.76. The van der Waals surface area contributed by atoms with Gasteiger partial charge in [0.25, 0.3) is 5.91 Å². The van der Waals surface area contributed by atoms with Crippen molar-refractivity contribution in [1.82, 2.24) is 10.2 Å². The minimum absolute atomic E-state index is 0.0255. The number of piperidine rings is 1. The first-order valence-corrected chi connectivity index (χ1v) is 9.76. The Morgan fingerprint density at radius 1 is 1.00 bits per heavy atom. The monoisotopic (exact) mass is 342 g/mol. The molecule has 1 amide bonds. The minimum atomic E-state index is -0.0281. The molecule has 0 bridgehead atoms. The molecule has 25 heavy (non-hydrogen) atoms. The van der Waals surface area contributed by atoms with Crippen molar-refractivity contribution in [1.29, 1.82) is 0 Å². The first-order chi connectivity index (χ1) is 12.1. The molecule has 136 valence electrons. The van der Waals surface area contributed by atoms with Crippen LogP contribution >= 0.6 is 0 Å². The lowest BCUT2D eigenvalue weighted by Crippen LogP contribution is -2.48. The second kappa shape index (κ2) is 8.61. The van der Waals surface area contributed by atoms with E-state index in [0.29, 0.717) is 11.1 Å². The smallest absolute Gasteiger partial charge is 0.251 e. The SMILES string of the molecule is CC(=O)c1ccc(C(=O)N[C@@H]2CCCN(CC3CCCCC3)C2)cc1. The van der Waals surface area contributed by atoms with Crippen molar-refractivity contribution >= 4 is 11.7 Å². The second-order valence-corrected chi connectivity index (χ2v) is 7.71. The van der Waals surface area contributed by atoms with E-state index >= 15 is 0 Å². The van der Waals surface area contributed by atoms with Gasteiger partial charge in [-0.1, -0.05) is 31.4 Å². The van der Waals surface area contributed by atoms with E-state index in [1.54, 1.807) is 24.3 Å². The molecular weight excluding hydrogens is 312 g/mol. The molecule has 1 atom stereocenters. The van der Waals surface area contributed by atoms with E-state index in [1.807, 2.05) is 0 Å². The van der Waals surface area contributed by atoms with Crippen LogP contribution in [0.15, 0.2) is 24.3 Å². The summed E-state index contributed by atoms with van der Waals surface area (Å²) < 4.78 is 0. The zero-order chi connectivity index (χ0) is 17.6. The zero-order valence-electron chi connectivity index (χ0n) is 15.3. The third kappa shape index (κ3) is 5.15. The van der Waals surface area contributed by atoms with Gasteiger partial charge in [0.05, 0.1) is 0 Å². The van der Waals surface area contributed by atoms with Gasteiger partial charge < -0.3 is 10.2 Å². The van der Waals surface area contributed by atoms with Crippen molar-refractivity contribution < 1.29 is 9.59 Å². The van der Waals surface area contributed by atoms with Gasteiger partial charge in [-0.2, -0.15) is 0 Å². The number of benzene rings is 1. The topological polar surface area (TPSA) is 49.4 Å². The first kappa shape index (κ1) is 18.1. The van der Waals surface area contributed by atoms with Crippen LogP contribution in [0.4, 0.5) is 0 Å². The maximum atomic E-state index is 12.5. The molecule has 1 aromatic carbocycles. The molecule has 1 saturated carbocycles. The number of ketones is 1. The van der Waals surface area contributed by atoms with E-state index < -0.39 is 0 Å². The van der Waals surface area contributed by atoms with Crippen LogP contribution in [0.2, 0.25) is 0 Å². The van der Waals surface area contributed by atoms with Crippen LogP contribution in [0.3, 0.4) is 0 Å². The lowest BCUT2D eigenvalue weighted by molar-refractivity contribution is 0.0889. The summed E-state index contributed by atoms with van der Waals surface area (Å²) >= 11 is 0. The maximum absolute atomic E-state index is 12.5. The third-order valence-electron chi connectivity index (χ3n) is 5.64. The van der Waals surface area contributed by atoms with Crippen molar-refractivity contribution in [3.8, 4) is 0 Å². The van der Waals surface area contributed by atoms with Gasteiger partial charge in [0, 0.05) is 30.3 Å². The summed E-state index contributed by atoms with van der Waals surface area (Å²) in [7, 11) is 0. The molecule has 0 radical (unpaired) electrons. The number of rotatable bonds is 5. The number of carbonyl (C=O) groups excluding carboxylic acids is 2. The molecular formula is C21H30N2O2. The summed E-state index contributed by atoms with van der Waals surface area (Å²) in [6, 6.07) is 7.18.